The lowest BCUT2D eigenvalue weighted by Crippen LogP contribution is -2.44. The van der Waals surface area contributed by atoms with Gasteiger partial charge in [-0.3, -0.25) is 9.59 Å². The van der Waals surface area contributed by atoms with Crippen molar-refractivity contribution < 1.29 is 14.7 Å². The SMILES string of the molecule is CC(C)[C@@H](NC(=O)c1cnn2c1[nH]c(=O)c1ccccc12)C(=O)O. The van der Waals surface area contributed by atoms with Crippen molar-refractivity contribution in [1.29, 1.82) is 0 Å². The maximum Gasteiger partial charge on any atom is 0.326 e. The van der Waals surface area contributed by atoms with Gasteiger partial charge in [0.1, 0.15) is 17.3 Å². The van der Waals surface area contributed by atoms with Gasteiger partial charge in [0.2, 0.25) is 0 Å². The van der Waals surface area contributed by atoms with Gasteiger partial charge in [0.15, 0.2) is 0 Å². The fraction of sp³-hybridized carbons (Fsp3) is 0.250. The Labute approximate surface area is 136 Å². The second-order valence-corrected chi connectivity index (χ2v) is 5.82. The van der Waals surface area contributed by atoms with E-state index in [2.05, 4.69) is 15.4 Å². The lowest BCUT2D eigenvalue weighted by Gasteiger charge is -2.17. The highest BCUT2D eigenvalue weighted by Gasteiger charge is 2.25. The van der Waals surface area contributed by atoms with Crippen LogP contribution >= 0.6 is 0 Å². The number of nitrogens with one attached hydrogen (secondary N) is 2. The molecule has 0 aliphatic carbocycles. The fourth-order valence-corrected chi connectivity index (χ4v) is 2.58. The number of carboxylic acids is 1. The molecule has 124 valence electrons. The molecule has 3 rings (SSSR count). The van der Waals surface area contributed by atoms with E-state index in [1.165, 1.54) is 10.7 Å². The molecule has 0 unspecified atom stereocenters. The zero-order chi connectivity index (χ0) is 17.4. The molecule has 0 radical (unpaired) electrons. The summed E-state index contributed by atoms with van der Waals surface area (Å²) in [6.45, 7) is 3.40. The van der Waals surface area contributed by atoms with Gasteiger partial charge < -0.3 is 15.4 Å². The number of aromatic nitrogens is 3. The van der Waals surface area contributed by atoms with Crippen LogP contribution in [0.1, 0.15) is 24.2 Å². The van der Waals surface area contributed by atoms with Crippen molar-refractivity contribution in [2.24, 2.45) is 5.92 Å². The summed E-state index contributed by atoms with van der Waals surface area (Å²) in [5, 5.41) is 16.3. The number of aliphatic carboxylic acids is 1. The van der Waals surface area contributed by atoms with Gasteiger partial charge >= 0.3 is 5.97 Å². The summed E-state index contributed by atoms with van der Waals surface area (Å²) in [4.78, 5) is 38.5. The van der Waals surface area contributed by atoms with E-state index in [4.69, 9.17) is 0 Å². The quantitative estimate of drug-likeness (QED) is 0.661. The Morgan fingerprint density at radius 2 is 2.00 bits per heavy atom. The number of hydrogen-bond acceptors (Lipinski definition) is 4. The van der Waals surface area contributed by atoms with Gasteiger partial charge in [-0.1, -0.05) is 26.0 Å². The topological polar surface area (TPSA) is 117 Å². The van der Waals surface area contributed by atoms with Crippen molar-refractivity contribution in [3.8, 4) is 0 Å². The number of para-hydroxylation sites is 1. The smallest absolute Gasteiger partial charge is 0.326 e. The molecule has 0 aliphatic heterocycles. The van der Waals surface area contributed by atoms with Crippen molar-refractivity contribution in [3.63, 3.8) is 0 Å². The molecule has 0 bridgehead atoms. The molecule has 1 aromatic carbocycles. The van der Waals surface area contributed by atoms with Gasteiger partial charge in [-0.2, -0.15) is 5.10 Å². The van der Waals surface area contributed by atoms with Crippen molar-refractivity contribution >= 4 is 28.4 Å². The Balaban J connectivity index is 2.09. The van der Waals surface area contributed by atoms with Crippen LogP contribution in [0.15, 0.2) is 35.3 Å². The summed E-state index contributed by atoms with van der Waals surface area (Å²) < 4.78 is 1.46. The first-order chi connectivity index (χ1) is 11.4. The van der Waals surface area contributed by atoms with Gasteiger partial charge in [0, 0.05) is 0 Å². The van der Waals surface area contributed by atoms with Crippen LogP contribution in [-0.2, 0) is 4.79 Å². The number of H-pyrrole nitrogens is 1. The minimum atomic E-state index is -1.12. The van der Waals surface area contributed by atoms with Crippen LogP contribution in [0.2, 0.25) is 0 Å². The van der Waals surface area contributed by atoms with Crippen LogP contribution < -0.4 is 10.9 Å². The van der Waals surface area contributed by atoms with E-state index in [0.29, 0.717) is 10.9 Å². The van der Waals surface area contributed by atoms with Crippen LogP contribution in [-0.4, -0.2) is 37.6 Å². The summed E-state index contributed by atoms with van der Waals surface area (Å²) in [7, 11) is 0. The number of carbonyl (C=O) groups is 2. The summed E-state index contributed by atoms with van der Waals surface area (Å²) in [6, 6.07) is 5.86. The Hall–Kier alpha value is -3.16. The van der Waals surface area contributed by atoms with Crippen molar-refractivity contribution in [2.45, 2.75) is 19.9 Å². The van der Waals surface area contributed by atoms with E-state index in [1.807, 2.05) is 0 Å². The Morgan fingerprint density at radius 1 is 1.29 bits per heavy atom. The number of hydrogen-bond donors (Lipinski definition) is 3. The average molecular weight is 328 g/mol. The molecule has 1 atom stereocenters. The molecule has 24 heavy (non-hydrogen) atoms. The molecule has 3 N–H and O–H groups in total. The number of aromatic amines is 1. The highest BCUT2D eigenvalue weighted by atomic mass is 16.4. The first-order valence-corrected chi connectivity index (χ1v) is 7.42. The van der Waals surface area contributed by atoms with Crippen molar-refractivity contribution in [3.05, 3.63) is 46.4 Å². The highest BCUT2D eigenvalue weighted by molar-refractivity contribution is 6.02. The molecule has 0 saturated heterocycles. The number of amides is 1. The predicted molar refractivity (Wildman–Crippen MR) is 87.0 cm³/mol. The molecular weight excluding hydrogens is 312 g/mol. The predicted octanol–water partition coefficient (Wildman–Crippen LogP) is 1.01. The monoisotopic (exact) mass is 328 g/mol. The fourth-order valence-electron chi connectivity index (χ4n) is 2.58. The number of nitrogens with zero attached hydrogens (tertiary/aromatic N) is 2. The van der Waals surface area contributed by atoms with Gasteiger partial charge in [0.05, 0.1) is 17.1 Å². The third-order valence-corrected chi connectivity index (χ3v) is 3.84. The van der Waals surface area contributed by atoms with Crippen molar-refractivity contribution in [1.82, 2.24) is 19.9 Å². The number of rotatable bonds is 4. The number of fused-ring (bicyclic) bond motifs is 3. The van der Waals surface area contributed by atoms with E-state index in [9.17, 15) is 19.5 Å². The number of carboxylic acid groups (broad SMARTS) is 1. The zero-order valence-electron chi connectivity index (χ0n) is 13.1. The lowest BCUT2D eigenvalue weighted by atomic mass is 10.0. The maximum absolute atomic E-state index is 12.4. The largest absolute Gasteiger partial charge is 0.480 e. The summed E-state index contributed by atoms with van der Waals surface area (Å²) in [5.41, 5.74) is 0.564. The Kier molecular flexibility index (Phi) is 3.80. The standard InChI is InChI=1S/C16H16N4O4/c1-8(2)12(16(23)24)18-15(22)10-7-17-20-11-6-4-3-5-9(11)14(21)19-13(10)20/h3-8,12H,1-2H3,(H,18,22)(H,19,21)(H,23,24)/t12-/m1/s1. The van der Waals surface area contributed by atoms with Crippen molar-refractivity contribution in [2.75, 3.05) is 0 Å². The first-order valence-electron chi connectivity index (χ1n) is 7.42. The molecule has 0 fully saturated rings. The zero-order valence-corrected chi connectivity index (χ0v) is 13.1. The second-order valence-electron chi connectivity index (χ2n) is 5.82. The molecule has 8 nitrogen and oxygen atoms in total. The van der Waals surface area contributed by atoms with Crippen LogP contribution in [0.25, 0.3) is 16.6 Å². The Bertz CT molecular complexity index is 1000. The average Bonchev–Trinajstić information content (AvgIpc) is 2.96. The molecule has 0 aliphatic rings. The van der Waals surface area contributed by atoms with E-state index in [-0.39, 0.29) is 22.7 Å². The molecule has 3 aromatic rings. The molecule has 0 spiro atoms. The first kappa shape index (κ1) is 15.7. The third kappa shape index (κ3) is 2.51. The molecule has 1 amide bonds. The Morgan fingerprint density at radius 3 is 2.67 bits per heavy atom. The summed E-state index contributed by atoms with van der Waals surface area (Å²) in [5.74, 6) is -2.00. The van der Waals surface area contributed by atoms with Crippen LogP contribution in [0, 0.1) is 5.92 Å². The minimum Gasteiger partial charge on any atom is -0.480 e. The van der Waals surface area contributed by atoms with E-state index < -0.39 is 17.9 Å². The van der Waals surface area contributed by atoms with Gasteiger partial charge in [0.25, 0.3) is 11.5 Å². The van der Waals surface area contributed by atoms with Crippen LogP contribution in [0.5, 0.6) is 0 Å². The molecule has 8 heteroatoms. The molecule has 2 heterocycles. The van der Waals surface area contributed by atoms with Gasteiger partial charge in [-0.15, -0.1) is 0 Å². The van der Waals surface area contributed by atoms with E-state index >= 15 is 0 Å². The van der Waals surface area contributed by atoms with Gasteiger partial charge in [-0.05, 0) is 18.1 Å². The van der Waals surface area contributed by atoms with E-state index in [0.717, 1.165) is 0 Å². The maximum atomic E-state index is 12.4. The summed E-state index contributed by atoms with van der Waals surface area (Å²) >= 11 is 0. The summed E-state index contributed by atoms with van der Waals surface area (Å²) in [6.07, 6.45) is 1.31. The number of carbonyl (C=O) groups excluding carboxylic acids is 1. The third-order valence-electron chi connectivity index (χ3n) is 3.84. The lowest BCUT2D eigenvalue weighted by molar-refractivity contribution is -0.140. The minimum absolute atomic E-state index is 0.116. The molecular formula is C16H16N4O4. The van der Waals surface area contributed by atoms with Crippen LogP contribution in [0.3, 0.4) is 0 Å². The van der Waals surface area contributed by atoms with Crippen LogP contribution in [0.4, 0.5) is 0 Å². The molecule has 0 saturated carbocycles. The normalized spacial score (nSPS) is 12.6. The highest BCUT2D eigenvalue weighted by Crippen LogP contribution is 2.14. The van der Waals surface area contributed by atoms with E-state index in [1.54, 1.807) is 38.1 Å². The second kappa shape index (κ2) is 5.80. The molecule has 2 aromatic heterocycles. The van der Waals surface area contributed by atoms with Gasteiger partial charge in [-0.25, -0.2) is 9.31 Å². The number of benzene rings is 1.